The minimum atomic E-state index is -0.330. The van der Waals surface area contributed by atoms with Crippen molar-refractivity contribution in [3.63, 3.8) is 0 Å². The molecule has 29 heavy (non-hydrogen) atoms. The summed E-state index contributed by atoms with van der Waals surface area (Å²) in [6.07, 6.45) is 2.66. The van der Waals surface area contributed by atoms with Gasteiger partial charge in [-0.2, -0.15) is 4.98 Å². The summed E-state index contributed by atoms with van der Waals surface area (Å²) in [7, 11) is 0. The summed E-state index contributed by atoms with van der Waals surface area (Å²) in [5, 5.41) is 4.12. The molecule has 5 nitrogen and oxygen atoms in total. The quantitative estimate of drug-likeness (QED) is 0.652. The number of hydrogen-bond donors (Lipinski definition) is 0. The van der Waals surface area contributed by atoms with E-state index in [1.165, 1.54) is 6.07 Å². The predicted octanol–water partition coefficient (Wildman–Crippen LogP) is 4.21. The molecule has 0 N–H and O–H groups in total. The fourth-order valence-electron chi connectivity index (χ4n) is 3.89. The van der Waals surface area contributed by atoms with Gasteiger partial charge in [-0.05, 0) is 42.9 Å². The van der Waals surface area contributed by atoms with Crippen LogP contribution in [0.25, 0.3) is 11.4 Å². The molecule has 1 aromatic heterocycles. The summed E-state index contributed by atoms with van der Waals surface area (Å²) < 4.78 is 19.3. The molecule has 4 rings (SSSR count). The number of halogens is 1. The third-order valence-electron chi connectivity index (χ3n) is 5.49. The molecule has 2 aromatic carbocycles. The number of amides is 1. The van der Waals surface area contributed by atoms with Crippen LogP contribution in [0.15, 0.2) is 53.1 Å². The molecule has 1 amide bonds. The normalized spacial score (nSPS) is 16.8. The number of piperidine rings is 1. The lowest BCUT2D eigenvalue weighted by Crippen LogP contribution is -2.41. The van der Waals surface area contributed by atoms with Gasteiger partial charge in [0.05, 0.1) is 6.42 Å². The van der Waals surface area contributed by atoms with Crippen LogP contribution in [0.4, 0.5) is 4.39 Å². The summed E-state index contributed by atoms with van der Waals surface area (Å²) in [6, 6.07) is 14.4. The Hall–Kier alpha value is -3.02. The Labute approximate surface area is 169 Å². The van der Waals surface area contributed by atoms with E-state index in [1.807, 2.05) is 36.1 Å². The van der Waals surface area contributed by atoms with Crippen molar-refractivity contribution in [2.75, 3.05) is 13.1 Å². The van der Waals surface area contributed by atoms with Crippen molar-refractivity contribution in [2.24, 2.45) is 5.92 Å². The fourth-order valence-corrected chi connectivity index (χ4v) is 3.89. The summed E-state index contributed by atoms with van der Waals surface area (Å²) in [5.74, 6) is 1.09. The number of aromatic nitrogens is 2. The molecule has 2 heterocycles. The largest absolute Gasteiger partial charge is 0.342 e. The van der Waals surface area contributed by atoms with Gasteiger partial charge in [-0.25, -0.2) is 4.39 Å². The first-order valence-corrected chi connectivity index (χ1v) is 10.00. The maximum atomic E-state index is 13.9. The molecular formula is C23H24FN3O2. The smallest absolute Gasteiger partial charge is 0.227 e. The molecule has 0 spiro atoms. The van der Waals surface area contributed by atoms with E-state index in [1.54, 1.807) is 18.2 Å². The number of benzene rings is 2. The second-order valence-electron chi connectivity index (χ2n) is 7.65. The van der Waals surface area contributed by atoms with Crippen molar-refractivity contribution < 1.29 is 13.7 Å². The highest BCUT2D eigenvalue weighted by molar-refractivity contribution is 5.79. The Morgan fingerprint density at radius 1 is 1.21 bits per heavy atom. The van der Waals surface area contributed by atoms with E-state index in [-0.39, 0.29) is 24.1 Å². The number of aryl methyl sites for hydroxylation is 1. The second kappa shape index (κ2) is 8.55. The van der Waals surface area contributed by atoms with Crippen molar-refractivity contribution in [2.45, 2.75) is 32.6 Å². The minimum absolute atomic E-state index is 0.0362. The maximum Gasteiger partial charge on any atom is 0.227 e. The molecule has 0 radical (unpaired) electrons. The van der Waals surface area contributed by atoms with E-state index in [0.717, 1.165) is 24.0 Å². The number of hydrogen-bond acceptors (Lipinski definition) is 4. The zero-order valence-corrected chi connectivity index (χ0v) is 16.5. The third-order valence-corrected chi connectivity index (χ3v) is 5.49. The third kappa shape index (κ3) is 4.53. The van der Waals surface area contributed by atoms with Crippen molar-refractivity contribution in [3.05, 3.63) is 71.4 Å². The van der Waals surface area contributed by atoms with Crippen LogP contribution in [0, 0.1) is 18.7 Å². The highest BCUT2D eigenvalue weighted by Crippen LogP contribution is 2.24. The van der Waals surface area contributed by atoms with Gasteiger partial charge in [-0.1, -0.05) is 47.6 Å². The standard InChI is InChI=1S/C23H24FN3O2/c1-16-7-2-4-10-19(16)23-25-21(29-26-23)13-17-8-6-12-27(15-17)22(28)14-18-9-3-5-11-20(18)24/h2-5,7,9-11,17H,6,8,12-15H2,1H3/t17-/m0/s1. The number of likely N-dealkylation sites (tertiary alicyclic amines) is 1. The van der Waals surface area contributed by atoms with Crippen LogP contribution >= 0.6 is 0 Å². The molecule has 0 bridgehead atoms. The van der Waals surface area contributed by atoms with Gasteiger partial charge < -0.3 is 9.42 Å². The molecule has 0 unspecified atom stereocenters. The lowest BCUT2D eigenvalue weighted by molar-refractivity contribution is -0.132. The minimum Gasteiger partial charge on any atom is -0.342 e. The van der Waals surface area contributed by atoms with Gasteiger partial charge in [0, 0.05) is 25.1 Å². The average molecular weight is 393 g/mol. The predicted molar refractivity (Wildman–Crippen MR) is 108 cm³/mol. The Morgan fingerprint density at radius 2 is 2.00 bits per heavy atom. The zero-order valence-electron chi connectivity index (χ0n) is 16.5. The van der Waals surface area contributed by atoms with Gasteiger partial charge in [0.15, 0.2) is 0 Å². The van der Waals surface area contributed by atoms with Crippen LogP contribution in [0.1, 0.15) is 29.9 Å². The Balaban J connectivity index is 1.39. The second-order valence-corrected chi connectivity index (χ2v) is 7.65. The summed E-state index contributed by atoms with van der Waals surface area (Å²) in [4.78, 5) is 19.0. The van der Waals surface area contributed by atoms with E-state index < -0.39 is 0 Å². The Morgan fingerprint density at radius 3 is 2.83 bits per heavy atom. The topological polar surface area (TPSA) is 59.2 Å². The monoisotopic (exact) mass is 393 g/mol. The lowest BCUT2D eigenvalue weighted by atomic mass is 9.94. The molecule has 1 fully saturated rings. The van der Waals surface area contributed by atoms with Crippen LogP contribution in [0.2, 0.25) is 0 Å². The SMILES string of the molecule is Cc1ccccc1-c1noc(C[C@@H]2CCCN(C(=O)Cc3ccccc3F)C2)n1. The van der Waals surface area contributed by atoms with Gasteiger partial charge in [-0.3, -0.25) is 4.79 Å². The summed E-state index contributed by atoms with van der Waals surface area (Å²) >= 11 is 0. The summed E-state index contributed by atoms with van der Waals surface area (Å²) in [6.45, 7) is 3.36. The maximum absolute atomic E-state index is 13.9. The van der Waals surface area contributed by atoms with E-state index in [0.29, 0.717) is 36.8 Å². The molecule has 0 aliphatic carbocycles. The molecule has 1 aliphatic heterocycles. The fraction of sp³-hybridized carbons (Fsp3) is 0.348. The van der Waals surface area contributed by atoms with Crippen LogP contribution < -0.4 is 0 Å². The van der Waals surface area contributed by atoms with Crippen LogP contribution in [0.3, 0.4) is 0 Å². The van der Waals surface area contributed by atoms with Crippen molar-refractivity contribution in [1.29, 1.82) is 0 Å². The van der Waals surface area contributed by atoms with Gasteiger partial charge in [0.25, 0.3) is 0 Å². The highest BCUT2D eigenvalue weighted by Gasteiger charge is 2.26. The first-order chi connectivity index (χ1) is 14.1. The first kappa shape index (κ1) is 19.3. The molecular weight excluding hydrogens is 369 g/mol. The van der Waals surface area contributed by atoms with Crippen LogP contribution in [0.5, 0.6) is 0 Å². The first-order valence-electron chi connectivity index (χ1n) is 10.00. The molecule has 1 aliphatic rings. The Kier molecular flexibility index (Phi) is 5.69. The summed E-state index contributed by atoms with van der Waals surface area (Å²) in [5.41, 5.74) is 2.51. The molecule has 3 aromatic rings. The van der Waals surface area contributed by atoms with Gasteiger partial charge in [0.1, 0.15) is 5.82 Å². The van der Waals surface area contributed by atoms with Gasteiger partial charge in [-0.15, -0.1) is 0 Å². The molecule has 150 valence electrons. The Bertz CT molecular complexity index is 1000. The number of nitrogens with zero attached hydrogens (tertiary/aromatic N) is 3. The van der Waals surface area contributed by atoms with Crippen molar-refractivity contribution in [3.8, 4) is 11.4 Å². The van der Waals surface area contributed by atoms with E-state index in [4.69, 9.17) is 4.52 Å². The number of rotatable bonds is 5. The van der Waals surface area contributed by atoms with Crippen molar-refractivity contribution in [1.82, 2.24) is 15.0 Å². The molecule has 0 saturated carbocycles. The van der Waals surface area contributed by atoms with E-state index >= 15 is 0 Å². The molecule has 6 heteroatoms. The van der Waals surface area contributed by atoms with E-state index in [2.05, 4.69) is 10.1 Å². The average Bonchev–Trinajstić information content (AvgIpc) is 3.18. The number of carbonyl (C=O) groups is 1. The molecule has 1 saturated heterocycles. The van der Waals surface area contributed by atoms with Gasteiger partial charge >= 0.3 is 0 Å². The van der Waals surface area contributed by atoms with Gasteiger partial charge in [0.2, 0.25) is 17.6 Å². The lowest BCUT2D eigenvalue weighted by Gasteiger charge is -2.32. The highest BCUT2D eigenvalue weighted by atomic mass is 19.1. The van der Waals surface area contributed by atoms with Crippen LogP contribution in [-0.2, 0) is 17.6 Å². The zero-order chi connectivity index (χ0) is 20.2. The van der Waals surface area contributed by atoms with Crippen molar-refractivity contribution >= 4 is 5.91 Å². The number of carbonyl (C=O) groups excluding carboxylic acids is 1. The molecule has 1 atom stereocenters. The van der Waals surface area contributed by atoms with E-state index in [9.17, 15) is 9.18 Å². The van der Waals surface area contributed by atoms with Crippen LogP contribution in [-0.4, -0.2) is 34.0 Å².